The molecular formula is C15H25N5S. The highest BCUT2D eigenvalue weighted by Crippen LogP contribution is 2.24. The maximum Gasteiger partial charge on any atom is 0.138 e. The smallest absolute Gasteiger partial charge is 0.138 e. The maximum atomic E-state index is 4.45. The predicted molar refractivity (Wildman–Crippen MR) is 86.4 cm³/mol. The van der Waals surface area contributed by atoms with E-state index in [2.05, 4.69) is 48.1 Å². The van der Waals surface area contributed by atoms with Crippen LogP contribution in [-0.2, 0) is 13.0 Å². The summed E-state index contributed by atoms with van der Waals surface area (Å²) in [6, 6.07) is 0.271. The number of hydrogen-bond donors (Lipinski definition) is 1. The molecule has 0 aliphatic rings. The van der Waals surface area contributed by atoms with Gasteiger partial charge in [-0.1, -0.05) is 20.8 Å². The first-order chi connectivity index (χ1) is 10.1. The molecule has 0 amide bonds. The molecule has 1 N–H and O–H groups in total. The number of aryl methyl sites for hydroxylation is 1. The normalized spacial score (nSPS) is 13.0. The van der Waals surface area contributed by atoms with Gasteiger partial charge in [0.15, 0.2) is 0 Å². The van der Waals surface area contributed by atoms with Crippen molar-refractivity contribution in [2.45, 2.75) is 53.1 Å². The Hall–Kier alpha value is -1.27. The Kier molecular flexibility index (Phi) is 5.87. The zero-order valence-corrected chi connectivity index (χ0v) is 14.2. The van der Waals surface area contributed by atoms with Gasteiger partial charge in [0, 0.05) is 17.8 Å². The first-order valence-corrected chi connectivity index (χ1v) is 8.49. The monoisotopic (exact) mass is 307 g/mol. The minimum Gasteiger partial charge on any atom is -0.309 e. The van der Waals surface area contributed by atoms with Gasteiger partial charge >= 0.3 is 0 Å². The zero-order chi connectivity index (χ0) is 15.2. The minimum absolute atomic E-state index is 0.271. The van der Waals surface area contributed by atoms with Crippen LogP contribution in [0.3, 0.4) is 0 Å². The first kappa shape index (κ1) is 16.1. The average molecular weight is 307 g/mol. The average Bonchev–Trinajstić information content (AvgIpc) is 3.03. The van der Waals surface area contributed by atoms with Gasteiger partial charge in [0.1, 0.15) is 12.2 Å². The molecule has 6 heteroatoms. The number of nitrogens with one attached hydrogen (secondary N) is 1. The number of nitrogens with zero attached hydrogens (tertiary/aromatic N) is 4. The second-order valence-electron chi connectivity index (χ2n) is 5.77. The Morgan fingerprint density at radius 1 is 1.33 bits per heavy atom. The topological polar surface area (TPSA) is 55.6 Å². The van der Waals surface area contributed by atoms with Gasteiger partial charge in [0.05, 0.1) is 17.2 Å². The number of rotatable bonds is 8. The third-order valence-electron chi connectivity index (χ3n) is 3.36. The van der Waals surface area contributed by atoms with Crippen LogP contribution in [-0.4, -0.2) is 26.3 Å². The van der Waals surface area contributed by atoms with E-state index in [4.69, 9.17) is 0 Å². The van der Waals surface area contributed by atoms with E-state index in [0.29, 0.717) is 5.92 Å². The highest BCUT2D eigenvalue weighted by Gasteiger charge is 2.19. The summed E-state index contributed by atoms with van der Waals surface area (Å²) in [4.78, 5) is 10.1. The zero-order valence-electron chi connectivity index (χ0n) is 13.3. The standard InChI is InChI=1S/C15H25N5S/c1-5-6-16-13(15-12(4)18-10-21-15)7-14-17-9-19-20(14)8-11(2)3/h9-11,13,16H,5-8H2,1-4H3. The van der Waals surface area contributed by atoms with Crippen molar-refractivity contribution in [1.29, 1.82) is 0 Å². The van der Waals surface area contributed by atoms with Crippen LogP contribution in [0.1, 0.15) is 49.6 Å². The van der Waals surface area contributed by atoms with Crippen LogP contribution in [0.25, 0.3) is 0 Å². The molecule has 0 aliphatic heterocycles. The van der Waals surface area contributed by atoms with Gasteiger partial charge in [-0.2, -0.15) is 5.10 Å². The molecule has 0 fully saturated rings. The second-order valence-corrected chi connectivity index (χ2v) is 6.65. The quantitative estimate of drug-likeness (QED) is 0.814. The van der Waals surface area contributed by atoms with Crippen LogP contribution >= 0.6 is 11.3 Å². The van der Waals surface area contributed by atoms with Crippen LogP contribution < -0.4 is 5.32 Å². The molecule has 0 saturated heterocycles. The Morgan fingerprint density at radius 2 is 2.14 bits per heavy atom. The van der Waals surface area contributed by atoms with Crippen LogP contribution in [0, 0.1) is 12.8 Å². The van der Waals surface area contributed by atoms with E-state index in [1.165, 1.54) is 4.88 Å². The van der Waals surface area contributed by atoms with Crippen molar-refractivity contribution in [3.8, 4) is 0 Å². The molecule has 1 unspecified atom stereocenters. The molecule has 5 nitrogen and oxygen atoms in total. The fourth-order valence-corrected chi connectivity index (χ4v) is 3.23. The predicted octanol–water partition coefficient (Wildman–Crippen LogP) is 2.98. The summed E-state index contributed by atoms with van der Waals surface area (Å²) in [5.41, 5.74) is 3.04. The van der Waals surface area contributed by atoms with Gasteiger partial charge in [-0.25, -0.2) is 14.6 Å². The van der Waals surface area contributed by atoms with E-state index in [0.717, 1.165) is 37.4 Å². The lowest BCUT2D eigenvalue weighted by Gasteiger charge is -2.18. The van der Waals surface area contributed by atoms with Crippen molar-refractivity contribution in [2.75, 3.05) is 6.54 Å². The van der Waals surface area contributed by atoms with Crippen molar-refractivity contribution in [1.82, 2.24) is 25.1 Å². The molecule has 2 aromatic rings. The maximum absolute atomic E-state index is 4.45. The first-order valence-electron chi connectivity index (χ1n) is 7.61. The van der Waals surface area contributed by atoms with E-state index < -0.39 is 0 Å². The van der Waals surface area contributed by atoms with E-state index in [1.807, 2.05) is 10.2 Å². The number of hydrogen-bond acceptors (Lipinski definition) is 5. The summed E-state index contributed by atoms with van der Waals surface area (Å²) in [7, 11) is 0. The molecule has 2 aromatic heterocycles. The summed E-state index contributed by atoms with van der Waals surface area (Å²) in [6.45, 7) is 10.6. The lowest BCUT2D eigenvalue weighted by molar-refractivity contribution is 0.445. The largest absolute Gasteiger partial charge is 0.309 e. The lowest BCUT2D eigenvalue weighted by atomic mass is 10.1. The molecule has 2 rings (SSSR count). The highest BCUT2D eigenvalue weighted by atomic mass is 32.1. The Bertz CT molecular complexity index is 546. The molecule has 2 heterocycles. The van der Waals surface area contributed by atoms with Gasteiger partial charge in [0.2, 0.25) is 0 Å². The Balaban J connectivity index is 2.15. The molecule has 0 spiro atoms. The molecule has 0 aliphatic carbocycles. The van der Waals surface area contributed by atoms with Gasteiger partial charge < -0.3 is 5.32 Å². The lowest BCUT2D eigenvalue weighted by Crippen LogP contribution is -2.25. The molecule has 1 atom stereocenters. The highest BCUT2D eigenvalue weighted by molar-refractivity contribution is 7.09. The van der Waals surface area contributed by atoms with E-state index in [1.54, 1.807) is 17.7 Å². The fourth-order valence-electron chi connectivity index (χ4n) is 2.35. The van der Waals surface area contributed by atoms with E-state index in [9.17, 15) is 0 Å². The van der Waals surface area contributed by atoms with Gasteiger partial charge in [-0.3, -0.25) is 0 Å². The van der Waals surface area contributed by atoms with Crippen LogP contribution in [0.5, 0.6) is 0 Å². The molecule has 21 heavy (non-hydrogen) atoms. The molecule has 0 bridgehead atoms. The number of aromatic nitrogens is 4. The van der Waals surface area contributed by atoms with Crippen LogP contribution in [0.15, 0.2) is 11.8 Å². The summed E-state index contributed by atoms with van der Waals surface area (Å²) in [5.74, 6) is 1.61. The minimum atomic E-state index is 0.271. The third kappa shape index (κ3) is 4.35. The second kappa shape index (κ2) is 7.66. The number of thiazole rings is 1. The van der Waals surface area contributed by atoms with Crippen molar-refractivity contribution < 1.29 is 0 Å². The summed E-state index contributed by atoms with van der Waals surface area (Å²) < 4.78 is 2.03. The van der Waals surface area contributed by atoms with Crippen molar-refractivity contribution in [3.63, 3.8) is 0 Å². The molecule has 116 valence electrons. The summed E-state index contributed by atoms with van der Waals surface area (Å²) >= 11 is 1.72. The third-order valence-corrected chi connectivity index (χ3v) is 4.41. The Labute approximate surface area is 130 Å². The van der Waals surface area contributed by atoms with Crippen molar-refractivity contribution in [3.05, 3.63) is 28.2 Å². The van der Waals surface area contributed by atoms with Crippen LogP contribution in [0.4, 0.5) is 0 Å². The Morgan fingerprint density at radius 3 is 2.76 bits per heavy atom. The molecule has 0 radical (unpaired) electrons. The van der Waals surface area contributed by atoms with Gasteiger partial charge in [-0.15, -0.1) is 11.3 Å². The summed E-state index contributed by atoms with van der Waals surface area (Å²) in [5, 5.41) is 7.98. The molecular weight excluding hydrogens is 282 g/mol. The molecule has 0 saturated carbocycles. The SMILES string of the molecule is CCCNC(Cc1ncnn1CC(C)C)c1scnc1C. The van der Waals surface area contributed by atoms with Crippen molar-refractivity contribution in [2.24, 2.45) is 5.92 Å². The molecule has 0 aromatic carbocycles. The van der Waals surface area contributed by atoms with E-state index >= 15 is 0 Å². The van der Waals surface area contributed by atoms with Gasteiger partial charge in [-0.05, 0) is 25.8 Å². The van der Waals surface area contributed by atoms with Crippen LogP contribution in [0.2, 0.25) is 0 Å². The van der Waals surface area contributed by atoms with E-state index in [-0.39, 0.29) is 6.04 Å². The van der Waals surface area contributed by atoms with Gasteiger partial charge in [0.25, 0.3) is 0 Å². The summed E-state index contributed by atoms with van der Waals surface area (Å²) in [6.07, 6.45) is 3.64. The fraction of sp³-hybridized carbons (Fsp3) is 0.667. The van der Waals surface area contributed by atoms with Crippen molar-refractivity contribution >= 4 is 11.3 Å².